The first-order valence-electron chi connectivity index (χ1n) is 26.1. The summed E-state index contributed by atoms with van der Waals surface area (Å²) in [4.78, 5) is 16.7. The van der Waals surface area contributed by atoms with E-state index < -0.39 is 0 Å². The van der Waals surface area contributed by atoms with Gasteiger partial charge in [-0.2, -0.15) is 15.0 Å². The van der Waals surface area contributed by atoms with Crippen LogP contribution in [0.25, 0.3) is 149 Å². The Balaban J connectivity index is 0.952. The first-order chi connectivity index (χ1) is 38.2. The third kappa shape index (κ3) is 6.00. The van der Waals surface area contributed by atoms with Crippen molar-refractivity contribution in [3.05, 3.63) is 255 Å². The average Bonchev–Trinajstić information content (AvgIpc) is 4.48. The summed E-state index contributed by atoms with van der Waals surface area (Å²) in [6.07, 6.45) is 0. The number of benzene rings is 11. The van der Waals surface area contributed by atoms with Gasteiger partial charge in [0.1, 0.15) is 0 Å². The van der Waals surface area contributed by atoms with Gasteiger partial charge in [0.2, 0.25) is 11.9 Å². The van der Waals surface area contributed by atoms with Gasteiger partial charge in [0.05, 0.1) is 55.2 Å². The topological polar surface area (TPSA) is 63.3 Å². The van der Waals surface area contributed by atoms with Gasteiger partial charge >= 0.3 is 0 Å². The number of hydrogen-bond donors (Lipinski definition) is 0. The highest BCUT2D eigenvalue weighted by atomic mass is 15.3. The highest BCUT2D eigenvalue weighted by molar-refractivity contribution is 6.20. The molecular formula is C69H42N8. The van der Waals surface area contributed by atoms with E-state index in [0.717, 1.165) is 110 Å². The van der Waals surface area contributed by atoms with Crippen molar-refractivity contribution in [1.82, 2.24) is 37.8 Å². The third-order valence-electron chi connectivity index (χ3n) is 15.9. The van der Waals surface area contributed by atoms with Gasteiger partial charge in [0.25, 0.3) is 0 Å². The molecule has 358 valence electrons. The van der Waals surface area contributed by atoms with E-state index >= 15 is 0 Å². The molecule has 0 aliphatic carbocycles. The minimum absolute atomic E-state index is 0.529. The highest BCUT2D eigenvalue weighted by Gasteiger charge is 2.25. The zero-order valence-corrected chi connectivity index (χ0v) is 41.3. The van der Waals surface area contributed by atoms with Crippen molar-refractivity contribution >= 4 is 109 Å². The molecule has 0 saturated heterocycles. The molecule has 0 unspecified atom stereocenters. The summed E-state index contributed by atoms with van der Waals surface area (Å²) in [5, 5.41) is 11.5. The Morgan fingerprint density at radius 2 is 0.455 bits per heavy atom. The van der Waals surface area contributed by atoms with Gasteiger partial charge < -0.3 is 13.7 Å². The Hall–Kier alpha value is -10.6. The van der Waals surface area contributed by atoms with Crippen LogP contribution in [0.2, 0.25) is 0 Å². The second-order valence-electron chi connectivity index (χ2n) is 20.0. The third-order valence-corrected chi connectivity index (χ3v) is 15.9. The zero-order chi connectivity index (χ0) is 50.3. The van der Waals surface area contributed by atoms with Crippen molar-refractivity contribution in [3.63, 3.8) is 0 Å². The molecular weight excluding hydrogens is 941 g/mol. The van der Waals surface area contributed by atoms with E-state index in [9.17, 15) is 0 Å². The summed E-state index contributed by atoms with van der Waals surface area (Å²) in [5.74, 6) is 1.63. The smallest absolute Gasteiger partial charge is 0.240 e. The van der Waals surface area contributed by atoms with Crippen LogP contribution in [0, 0.1) is 0 Å². The molecule has 17 rings (SSSR count). The highest BCUT2D eigenvalue weighted by Crippen LogP contribution is 2.42. The number of rotatable bonds is 6. The number of aromatic nitrogens is 8. The van der Waals surface area contributed by atoms with Gasteiger partial charge in [-0.05, 0) is 109 Å². The standard InChI is InChI=1S/C69H42N8/c1-3-19-44(20-4-1)74-59-31-15-9-25-49(59)53-41-65-55(39-63(53)74)51-27-11-17-33-61(51)76(65)68-70-67(43-35-37-46(38-36-43)73-57-29-13-7-23-47(57)48-24-8-14-30-58(48)73)71-69(72-68)77-62-34-18-12-28-52(62)56-40-64-54(42-66(56)77)50-26-10-16-32-60(50)75(64)45-21-5-2-6-22-45/h1-42H. The van der Waals surface area contributed by atoms with E-state index in [1.54, 1.807) is 0 Å². The Labute approximate surface area is 439 Å². The SMILES string of the molecule is c1ccc(-n2c3ccccc3c3cc4c(cc32)c2ccccc2n4-c2nc(-c3ccc(-n4c5ccccc5c5ccccc54)cc3)nc(-n3c4ccccc4c4cc5c(cc43)c3ccccc3n5-c3ccccc3)n2)cc1. The lowest BCUT2D eigenvalue weighted by Gasteiger charge is -2.13. The van der Waals surface area contributed by atoms with Crippen molar-refractivity contribution in [2.45, 2.75) is 0 Å². The minimum atomic E-state index is 0.529. The summed E-state index contributed by atoms with van der Waals surface area (Å²) in [6.45, 7) is 0. The number of nitrogens with zero attached hydrogens (tertiary/aromatic N) is 8. The maximum atomic E-state index is 5.65. The average molecular weight is 983 g/mol. The van der Waals surface area contributed by atoms with Crippen LogP contribution in [0.3, 0.4) is 0 Å². The van der Waals surface area contributed by atoms with Crippen molar-refractivity contribution < 1.29 is 0 Å². The summed E-state index contributed by atoms with van der Waals surface area (Å²) >= 11 is 0. The fourth-order valence-electron chi connectivity index (χ4n) is 12.6. The summed E-state index contributed by atoms with van der Waals surface area (Å²) < 4.78 is 11.6. The first-order valence-corrected chi connectivity index (χ1v) is 26.1. The Kier molecular flexibility index (Phi) is 8.68. The van der Waals surface area contributed by atoms with Crippen LogP contribution < -0.4 is 0 Å². The molecule has 0 aliphatic heterocycles. The van der Waals surface area contributed by atoms with Crippen LogP contribution in [-0.2, 0) is 0 Å². The van der Waals surface area contributed by atoms with Gasteiger partial charge in [-0.15, -0.1) is 0 Å². The van der Waals surface area contributed by atoms with Crippen molar-refractivity contribution in [1.29, 1.82) is 0 Å². The monoisotopic (exact) mass is 982 g/mol. The van der Waals surface area contributed by atoms with Gasteiger partial charge in [-0.1, -0.05) is 146 Å². The van der Waals surface area contributed by atoms with Crippen LogP contribution in [-0.4, -0.2) is 37.8 Å². The molecule has 6 aromatic heterocycles. The quantitative estimate of drug-likeness (QED) is 0.167. The lowest BCUT2D eigenvalue weighted by atomic mass is 10.1. The molecule has 17 aromatic rings. The fourth-order valence-corrected chi connectivity index (χ4v) is 12.6. The minimum Gasteiger partial charge on any atom is -0.309 e. The fraction of sp³-hybridized carbons (Fsp3) is 0. The predicted octanol–water partition coefficient (Wildman–Crippen LogP) is 17.0. The molecule has 0 spiro atoms. The van der Waals surface area contributed by atoms with Gasteiger partial charge in [-0.25, -0.2) is 0 Å². The molecule has 0 N–H and O–H groups in total. The Morgan fingerprint density at radius 1 is 0.195 bits per heavy atom. The molecule has 0 saturated carbocycles. The summed E-state index contributed by atoms with van der Waals surface area (Å²) in [5.41, 5.74) is 15.1. The van der Waals surface area contributed by atoms with Crippen LogP contribution in [0.5, 0.6) is 0 Å². The number of hydrogen-bond acceptors (Lipinski definition) is 3. The van der Waals surface area contributed by atoms with Crippen molar-refractivity contribution in [2.75, 3.05) is 0 Å². The zero-order valence-electron chi connectivity index (χ0n) is 41.3. The van der Waals surface area contributed by atoms with Crippen LogP contribution >= 0.6 is 0 Å². The predicted molar refractivity (Wildman–Crippen MR) is 317 cm³/mol. The molecule has 8 heteroatoms. The maximum absolute atomic E-state index is 5.65. The summed E-state index contributed by atoms with van der Waals surface area (Å²) in [6, 6.07) is 91.4. The van der Waals surface area contributed by atoms with Crippen molar-refractivity contribution in [3.8, 4) is 40.3 Å². The molecule has 11 aromatic carbocycles. The summed E-state index contributed by atoms with van der Waals surface area (Å²) in [7, 11) is 0. The lowest BCUT2D eigenvalue weighted by molar-refractivity contribution is 0.893. The van der Waals surface area contributed by atoms with Crippen LogP contribution in [0.15, 0.2) is 255 Å². The molecule has 0 fully saturated rings. The van der Waals surface area contributed by atoms with Gasteiger partial charge in [0.15, 0.2) is 5.82 Å². The molecule has 8 nitrogen and oxygen atoms in total. The van der Waals surface area contributed by atoms with Crippen LogP contribution in [0.4, 0.5) is 0 Å². The molecule has 0 aliphatic rings. The molecule has 0 bridgehead atoms. The van der Waals surface area contributed by atoms with E-state index in [1.807, 2.05) is 0 Å². The maximum Gasteiger partial charge on any atom is 0.240 e. The van der Waals surface area contributed by atoms with E-state index in [-0.39, 0.29) is 0 Å². The largest absolute Gasteiger partial charge is 0.309 e. The molecule has 77 heavy (non-hydrogen) atoms. The molecule has 0 atom stereocenters. The second-order valence-corrected chi connectivity index (χ2v) is 20.0. The van der Waals surface area contributed by atoms with Crippen LogP contribution in [0.1, 0.15) is 0 Å². The second kappa shape index (κ2) is 16.0. The number of fused-ring (bicyclic) bond motifs is 15. The Morgan fingerprint density at radius 3 is 0.805 bits per heavy atom. The van der Waals surface area contributed by atoms with Gasteiger partial charge in [-0.3, -0.25) is 9.13 Å². The number of para-hydroxylation sites is 8. The van der Waals surface area contributed by atoms with E-state index in [4.69, 9.17) is 15.0 Å². The van der Waals surface area contributed by atoms with Gasteiger partial charge in [0, 0.05) is 76.5 Å². The first kappa shape index (κ1) is 41.9. The van der Waals surface area contributed by atoms with Crippen molar-refractivity contribution in [2.24, 2.45) is 0 Å². The normalized spacial score (nSPS) is 12.2. The molecule has 0 radical (unpaired) electrons. The van der Waals surface area contributed by atoms with E-state index in [0.29, 0.717) is 17.7 Å². The van der Waals surface area contributed by atoms with E-state index in [1.165, 1.54) is 21.5 Å². The Bertz CT molecular complexity index is 4960. The molecule has 6 heterocycles. The lowest BCUT2D eigenvalue weighted by Crippen LogP contribution is -2.10. The van der Waals surface area contributed by atoms with E-state index in [2.05, 4.69) is 278 Å². The molecule has 0 amide bonds.